The minimum absolute atomic E-state index is 0.0414. The summed E-state index contributed by atoms with van der Waals surface area (Å²) in [5.74, 6) is -0.718. The molecule has 0 spiro atoms. The molecule has 0 atom stereocenters. The summed E-state index contributed by atoms with van der Waals surface area (Å²) in [5.41, 5.74) is -0.271. The monoisotopic (exact) mass is 293 g/mol. The number of halogens is 2. The van der Waals surface area contributed by atoms with E-state index in [9.17, 15) is 14.9 Å². The lowest BCUT2D eigenvalue weighted by Gasteiger charge is -2.03. The smallest absolute Gasteiger partial charge is 0.339 e. The molecule has 0 unspecified atom stereocenters. The lowest BCUT2D eigenvalue weighted by atomic mass is 10.2. The lowest BCUT2D eigenvalue weighted by molar-refractivity contribution is -0.385. The van der Waals surface area contributed by atoms with Crippen LogP contribution in [-0.2, 0) is 4.74 Å². The SMILES string of the molecule is COC(=O)c1cc([N+](=O)[O-])cc(Br)c1Cl. The summed E-state index contributed by atoms with van der Waals surface area (Å²) >= 11 is 8.79. The Balaban J connectivity index is 3.37. The van der Waals surface area contributed by atoms with Gasteiger partial charge in [-0.2, -0.15) is 0 Å². The minimum atomic E-state index is -0.718. The van der Waals surface area contributed by atoms with E-state index in [2.05, 4.69) is 20.7 Å². The van der Waals surface area contributed by atoms with E-state index in [1.165, 1.54) is 13.2 Å². The summed E-state index contributed by atoms with van der Waals surface area (Å²) in [6.07, 6.45) is 0. The van der Waals surface area contributed by atoms with Gasteiger partial charge in [-0.05, 0) is 15.9 Å². The summed E-state index contributed by atoms with van der Waals surface area (Å²) in [4.78, 5) is 21.1. The molecular formula is C8H5BrClNO4. The van der Waals surface area contributed by atoms with Crippen molar-refractivity contribution in [2.45, 2.75) is 0 Å². The summed E-state index contributed by atoms with van der Waals surface area (Å²) < 4.78 is 4.72. The molecule has 0 amide bonds. The number of benzene rings is 1. The molecule has 5 nitrogen and oxygen atoms in total. The maximum atomic E-state index is 11.2. The predicted molar refractivity (Wildman–Crippen MR) is 57.1 cm³/mol. The van der Waals surface area contributed by atoms with Crippen molar-refractivity contribution >= 4 is 39.2 Å². The van der Waals surface area contributed by atoms with Crippen LogP contribution in [0.2, 0.25) is 5.02 Å². The largest absolute Gasteiger partial charge is 0.465 e. The van der Waals surface area contributed by atoms with Gasteiger partial charge in [0.15, 0.2) is 0 Å². The van der Waals surface area contributed by atoms with Gasteiger partial charge >= 0.3 is 5.97 Å². The topological polar surface area (TPSA) is 69.4 Å². The average Bonchev–Trinajstić information content (AvgIpc) is 2.20. The highest BCUT2D eigenvalue weighted by molar-refractivity contribution is 9.10. The minimum Gasteiger partial charge on any atom is -0.465 e. The van der Waals surface area contributed by atoms with Gasteiger partial charge in [0, 0.05) is 16.6 Å². The Labute approximate surface area is 98.3 Å². The number of carbonyl (C=O) groups excluding carboxylic acids is 1. The van der Waals surface area contributed by atoms with E-state index in [-0.39, 0.29) is 20.7 Å². The van der Waals surface area contributed by atoms with E-state index >= 15 is 0 Å². The molecule has 0 aliphatic carbocycles. The van der Waals surface area contributed by atoms with Crippen LogP contribution in [0.4, 0.5) is 5.69 Å². The zero-order valence-electron chi connectivity index (χ0n) is 7.49. The van der Waals surface area contributed by atoms with Crippen LogP contribution < -0.4 is 0 Å². The van der Waals surface area contributed by atoms with Gasteiger partial charge in [0.25, 0.3) is 5.69 Å². The Kier molecular flexibility index (Phi) is 3.65. The molecule has 0 saturated carbocycles. The number of carbonyl (C=O) groups is 1. The first kappa shape index (κ1) is 11.9. The van der Waals surface area contributed by atoms with Crippen LogP contribution in [0, 0.1) is 10.1 Å². The standard InChI is InChI=1S/C8H5BrClNO4/c1-15-8(12)5-2-4(11(13)14)3-6(9)7(5)10/h2-3H,1H3. The number of nitrogens with zero attached hydrogens (tertiary/aromatic N) is 1. The lowest BCUT2D eigenvalue weighted by Crippen LogP contribution is -2.03. The molecule has 1 aromatic rings. The Morgan fingerprint density at radius 2 is 2.20 bits per heavy atom. The third-order valence-electron chi connectivity index (χ3n) is 1.63. The number of nitro benzene ring substituents is 1. The highest BCUT2D eigenvalue weighted by Gasteiger charge is 2.19. The van der Waals surface area contributed by atoms with E-state index in [4.69, 9.17) is 11.6 Å². The van der Waals surface area contributed by atoms with Gasteiger partial charge in [-0.1, -0.05) is 11.6 Å². The molecule has 0 aromatic heterocycles. The Hall–Kier alpha value is -1.14. The van der Waals surface area contributed by atoms with E-state index in [1.807, 2.05) is 0 Å². The molecule has 0 aliphatic heterocycles. The number of ether oxygens (including phenoxy) is 1. The second-order valence-electron chi connectivity index (χ2n) is 2.54. The molecule has 0 fully saturated rings. The molecule has 0 saturated heterocycles. The fraction of sp³-hybridized carbons (Fsp3) is 0.125. The quantitative estimate of drug-likeness (QED) is 0.478. The van der Waals surface area contributed by atoms with E-state index < -0.39 is 10.9 Å². The van der Waals surface area contributed by atoms with Crippen molar-refractivity contribution in [2.24, 2.45) is 0 Å². The third-order valence-corrected chi connectivity index (χ3v) is 2.89. The van der Waals surface area contributed by atoms with E-state index in [0.717, 1.165) is 6.07 Å². The first-order valence-electron chi connectivity index (χ1n) is 3.69. The van der Waals surface area contributed by atoms with E-state index in [0.29, 0.717) is 0 Å². The molecule has 1 rings (SSSR count). The molecule has 0 aliphatic rings. The third kappa shape index (κ3) is 2.45. The second kappa shape index (κ2) is 4.59. The van der Waals surface area contributed by atoms with E-state index in [1.54, 1.807) is 0 Å². The Morgan fingerprint density at radius 1 is 1.60 bits per heavy atom. The number of methoxy groups -OCH3 is 1. The van der Waals surface area contributed by atoms with Gasteiger partial charge in [-0.25, -0.2) is 4.79 Å². The fourth-order valence-electron chi connectivity index (χ4n) is 0.939. The van der Waals surface area contributed by atoms with Gasteiger partial charge in [0.05, 0.1) is 22.6 Å². The van der Waals surface area contributed by atoms with Crippen molar-refractivity contribution in [3.63, 3.8) is 0 Å². The Bertz CT molecular complexity index is 435. The zero-order chi connectivity index (χ0) is 11.6. The molecule has 0 N–H and O–H groups in total. The number of non-ortho nitro benzene ring substituents is 1. The molecular weight excluding hydrogens is 289 g/mol. The number of esters is 1. The molecule has 7 heteroatoms. The molecule has 15 heavy (non-hydrogen) atoms. The first-order chi connectivity index (χ1) is 6.97. The van der Waals surface area contributed by atoms with Crippen LogP contribution in [0.25, 0.3) is 0 Å². The van der Waals surface area contributed by atoms with Crippen LogP contribution in [0.3, 0.4) is 0 Å². The summed E-state index contributed by atoms with van der Waals surface area (Å²) in [6, 6.07) is 2.29. The molecule has 0 radical (unpaired) electrons. The van der Waals surface area contributed by atoms with Crippen LogP contribution in [-0.4, -0.2) is 18.0 Å². The number of rotatable bonds is 2. The van der Waals surface area contributed by atoms with Crippen LogP contribution in [0.1, 0.15) is 10.4 Å². The first-order valence-corrected chi connectivity index (χ1v) is 4.86. The van der Waals surface area contributed by atoms with Crippen LogP contribution in [0.15, 0.2) is 16.6 Å². The van der Waals surface area contributed by atoms with Crippen molar-refractivity contribution in [3.05, 3.63) is 37.3 Å². The van der Waals surface area contributed by atoms with Gasteiger partial charge < -0.3 is 4.74 Å². The highest BCUT2D eigenvalue weighted by atomic mass is 79.9. The van der Waals surface area contributed by atoms with Crippen LogP contribution in [0.5, 0.6) is 0 Å². The van der Waals surface area contributed by atoms with Crippen molar-refractivity contribution in [1.82, 2.24) is 0 Å². The second-order valence-corrected chi connectivity index (χ2v) is 3.77. The van der Waals surface area contributed by atoms with Gasteiger partial charge in [0.1, 0.15) is 0 Å². The highest BCUT2D eigenvalue weighted by Crippen LogP contribution is 2.31. The van der Waals surface area contributed by atoms with Crippen molar-refractivity contribution in [1.29, 1.82) is 0 Å². The number of hydrogen-bond acceptors (Lipinski definition) is 4. The molecule has 80 valence electrons. The maximum absolute atomic E-state index is 11.2. The molecule has 0 heterocycles. The predicted octanol–water partition coefficient (Wildman–Crippen LogP) is 2.80. The van der Waals surface area contributed by atoms with Gasteiger partial charge in [0.2, 0.25) is 0 Å². The number of hydrogen-bond donors (Lipinski definition) is 0. The van der Waals surface area contributed by atoms with Gasteiger partial charge in [-0.3, -0.25) is 10.1 Å². The van der Waals surface area contributed by atoms with Crippen LogP contribution >= 0.6 is 27.5 Å². The van der Waals surface area contributed by atoms with Crippen molar-refractivity contribution in [3.8, 4) is 0 Å². The average molecular weight is 294 g/mol. The normalized spacial score (nSPS) is 9.80. The number of nitro groups is 1. The zero-order valence-corrected chi connectivity index (χ0v) is 9.83. The summed E-state index contributed by atoms with van der Waals surface area (Å²) in [6.45, 7) is 0. The maximum Gasteiger partial charge on any atom is 0.339 e. The molecule has 1 aromatic carbocycles. The summed E-state index contributed by atoms with van der Waals surface area (Å²) in [7, 11) is 1.17. The summed E-state index contributed by atoms with van der Waals surface area (Å²) in [5, 5.41) is 10.6. The van der Waals surface area contributed by atoms with Crippen molar-refractivity contribution < 1.29 is 14.5 Å². The Morgan fingerprint density at radius 3 is 2.67 bits per heavy atom. The van der Waals surface area contributed by atoms with Gasteiger partial charge in [-0.15, -0.1) is 0 Å². The molecule has 0 bridgehead atoms. The van der Waals surface area contributed by atoms with Crippen molar-refractivity contribution in [2.75, 3.05) is 7.11 Å². The fourth-order valence-corrected chi connectivity index (χ4v) is 1.57.